The molecule has 0 amide bonds. The van der Waals surface area contributed by atoms with Crippen LogP contribution in [0.5, 0.6) is 0 Å². The van der Waals surface area contributed by atoms with Crippen molar-refractivity contribution >= 4 is 10.9 Å². The van der Waals surface area contributed by atoms with Crippen molar-refractivity contribution in [1.29, 1.82) is 0 Å². The van der Waals surface area contributed by atoms with Crippen LogP contribution in [0.4, 0.5) is 0 Å². The predicted molar refractivity (Wildman–Crippen MR) is 87.4 cm³/mol. The average Bonchev–Trinajstić information content (AvgIpc) is 3.14. The molecule has 2 fully saturated rings. The molecule has 1 aliphatic heterocycles. The summed E-state index contributed by atoms with van der Waals surface area (Å²) in [4.78, 5) is 2.53. The predicted octanol–water partition coefficient (Wildman–Crippen LogP) is 2.94. The smallest absolute Gasteiger partial charge is 0.0688 e. The number of nitrogens with zero attached hydrogens (tertiary/aromatic N) is 2. The Morgan fingerprint density at radius 3 is 3.18 bits per heavy atom. The number of hydrogen-bond acceptors (Lipinski definition) is 3. The van der Waals surface area contributed by atoms with Crippen LogP contribution < -0.4 is 0 Å². The number of fused-ring (bicyclic) bond motifs is 2. The van der Waals surface area contributed by atoms with Crippen LogP contribution in [0.15, 0.2) is 24.4 Å². The Balaban J connectivity index is 1.50. The maximum atomic E-state index is 10.9. The maximum absolute atomic E-state index is 10.9. The molecule has 3 atom stereocenters. The van der Waals surface area contributed by atoms with Crippen molar-refractivity contribution < 1.29 is 5.11 Å². The normalized spacial score (nSPS) is 32.5. The zero-order chi connectivity index (χ0) is 15.2. The monoisotopic (exact) mass is 299 g/mol. The maximum Gasteiger partial charge on any atom is 0.0688 e. The van der Waals surface area contributed by atoms with Gasteiger partial charge in [0, 0.05) is 30.9 Å². The summed E-state index contributed by atoms with van der Waals surface area (Å²) in [5.41, 5.74) is 2.01. The van der Waals surface area contributed by atoms with E-state index in [0.29, 0.717) is 11.8 Å². The Labute approximate surface area is 131 Å². The minimum absolute atomic E-state index is 0.426. The number of nitrogens with one attached hydrogen (secondary N) is 1. The van der Waals surface area contributed by atoms with Crippen molar-refractivity contribution in [3.8, 4) is 0 Å². The standard InChI is InChI=1S/C18H25N3O/c1-2-18(22)7-3-4-15-11-21(12-16(15)18)10-13-5-6-14-9-19-20-17(14)8-13/h5-6,8-9,15-16,22H,2-4,7,10-12H2,1H3,(H,19,20)/t15-,16+,18-/m0/s1. The van der Waals surface area contributed by atoms with Gasteiger partial charge in [-0.2, -0.15) is 5.10 Å². The number of aromatic amines is 1. The second kappa shape index (κ2) is 5.36. The molecule has 0 spiro atoms. The van der Waals surface area contributed by atoms with E-state index in [1.165, 1.54) is 23.8 Å². The molecule has 0 radical (unpaired) electrons. The van der Waals surface area contributed by atoms with Gasteiger partial charge in [0.25, 0.3) is 0 Å². The second-order valence-corrected chi connectivity index (χ2v) is 7.20. The van der Waals surface area contributed by atoms with Gasteiger partial charge in [0.05, 0.1) is 17.3 Å². The summed E-state index contributed by atoms with van der Waals surface area (Å²) >= 11 is 0. The Kier molecular flexibility index (Phi) is 3.46. The van der Waals surface area contributed by atoms with Crippen LogP contribution in [0.1, 0.15) is 38.2 Å². The lowest BCUT2D eigenvalue weighted by molar-refractivity contribution is -0.0613. The van der Waals surface area contributed by atoms with E-state index < -0.39 is 5.60 Å². The van der Waals surface area contributed by atoms with Gasteiger partial charge in [-0.25, -0.2) is 0 Å². The number of aliphatic hydroxyl groups is 1. The molecule has 2 aliphatic rings. The topological polar surface area (TPSA) is 52.1 Å². The average molecular weight is 299 g/mol. The summed E-state index contributed by atoms with van der Waals surface area (Å²) < 4.78 is 0. The first-order valence-electron chi connectivity index (χ1n) is 8.55. The largest absolute Gasteiger partial charge is 0.390 e. The highest BCUT2D eigenvalue weighted by molar-refractivity contribution is 5.78. The molecule has 1 saturated heterocycles. The third kappa shape index (κ3) is 2.34. The highest BCUT2D eigenvalue weighted by Crippen LogP contribution is 2.44. The molecule has 1 saturated carbocycles. The number of rotatable bonds is 3. The van der Waals surface area contributed by atoms with Crippen molar-refractivity contribution in [3.05, 3.63) is 30.0 Å². The zero-order valence-corrected chi connectivity index (χ0v) is 13.3. The molecule has 4 nitrogen and oxygen atoms in total. The first-order valence-corrected chi connectivity index (χ1v) is 8.55. The summed E-state index contributed by atoms with van der Waals surface area (Å²) in [7, 11) is 0. The van der Waals surface area contributed by atoms with Crippen LogP contribution in [0.25, 0.3) is 10.9 Å². The molecule has 4 heteroatoms. The van der Waals surface area contributed by atoms with Gasteiger partial charge in [-0.05, 0) is 36.8 Å². The van der Waals surface area contributed by atoms with Gasteiger partial charge in [0.1, 0.15) is 0 Å². The molecule has 0 unspecified atom stereocenters. The van der Waals surface area contributed by atoms with Crippen molar-refractivity contribution in [2.75, 3.05) is 13.1 Å². The Hall–Kier alpha value is -1.39. The van der Waals surface area contributed by atoms with Crippen LogP contribution in [0.2, 0.25) is 0 Å². The van der Waals surface area contributed by atoms with Gasteiger partial charge in [0.15, 0.2) is 0 Å². The Morgan fingerprint density at radius 2 is 2.32 bits per heavy atom. The number of likely N-dealkylation sites (tertiary alicyclic amines) is 1. The van der Waals surface area contributed by atoms with E-state index in [-0.39, 0.29) is 0 Å². The third-order valence-corrected chi connectivity index (χ3v) is 5.92. The van der Waals surface area contributed by atoms with Gasteiger partial charge in [0.2, 0.25) is 0 Å². The molecular weight excluding hydrogens is 274 g/mol. The molecule has 22 heavy (non-hydrogen) atoms. The summed E-state index contributed by atoms with van der Waals surface area (Å²) in [5.74, 6) is 1.14. The summed E-state index contributed by atoms with van der Waals surface area (Å²) in [6, 6.07) is 6.54. The molecule has 2 N–H and O–H groups in total. The Bertz CT molecular complexity index is 667. The molecule has 0 bridgehead atoms. The molecule has 1 aromatic carbocycles. The van der Waals surface area contributed by atoms with Crippen molar-refractivity contribution in [2.24, 2.45) is 11.8 Å². The SMILES string of the molecule is CC[C@]1(O)CCC[C@H]2CN(Cc3ccc4cn[nH]c4c3)C[C@H]21. The van der Waals surface area contributed by atoms with E-state index in [2.05, 4.69) is 40.2 Å². The van der Waals surface area contributed by atoms with Crippen LogP contribution in [0.3, 0.4) is 0 Å². The van der Waals surface area contributed by atoms with E-state index >= 15 is 0 Å². The van der Waals surface area contributed by atoms with Crippen molar-refractivity contribution in [2.45, 2.75) is 44.8 Å². The van der Waals surface area contributed by atoms with E-state index in [1.807, 2.05) is 6.20 Å². The van der Waals surface area contributed by atoms with E-state index in [4.69, 9.17) is 0 Å². The fraction of sp³-hybridized carbons (Fsp3) is 0.611. The van der Waals surface area contributed by atoms with E-state index in [0.717, 1.165) is 38.0 Å². The van der Waals surface area contributed by atoms with Crippen molar-refractivity contribution in [3.63, 3.8) is 0 Å². The quantitative estimate of drug-likeness (QED) is 0.916. The van der Waals surface area contributed by atoms with E-state index in [1.54, 1.807) is 0 Å². The number of H-pyrrole nitrogens is 1. The van der Waals surface area contributed by atoms with Crippen LogP contribution in [-0.2, 0) is 6.54 Å². The number of hydrogen-bond donors (Lipinski definition) is 2. The van der Waals surface area contributed by atoms with Crippen LogP contribution in [-0.4, -0.2) is 38.9 Å². The van der Waals surface area contributed by atoms with Gasteiger partial charge in [-0.15, -0.1) is 0 Å². The van der Waals surface area contributed by atoms with Crippen LogP contribution >= 0.6 is 0 Å². The van der Waals surface area contributed by atoms with Crippen molar-refractivity contribution in [1.82, 2.24) is 15.1 Å². The molecule has 1 aromatic heterocycles. The summed E-state index contributed by atoms with van der Waals surface area (Å²) in [6.07, 6.45) is 6.20. The molecule has 4 rings (SSSR count). The molecule has 2 aromatic rings. The van der Waals surface area contributed by atoms with Gasteiger partial charge in [-0.1, -0.05) is 25.5 Å². The minimum Gasteiger partial charge on any atom is -0.390 e. The first-order chi connectivity index (χ1) is 10.7. The lowest BCUT2D eigenvalue weighted by atomic mass is 9.69. The number of aromatic nitrogens is 2. The van der Waals surface area contributed by atoms with Gasteiger partial charge >= 0.3 is 0 Å². The zero-order valence-electron chi connectivity index (χ0n) is 13.3. The number of benzene rings is 1. The lowest BCUT2D eigenvalue weighted by Gasteiger charge is -2.40. The fourth-order valence-electron chi connectivity index (χ4n) is 4.63. The molecule has 2 heterocycles. The van der Waals surface area contributed by atoms with Gasteiger partial charge < -0.3 is 5.11 Å². The summed E-state index contributed by atoms with van der Waals surface area (Å²) in [5, 5.41) is 19.2. The van der Waals surface area contributed by atoms with Crippen LogP contribution in [0, 0.1) is 11.8 Å². The first kappa shape index (κ1) is 14.2. The third-order valence-electron chi connectivity index (χ3n) is 5.92. The highest BCUT2D eigenvalue weighted by Gasteiger charge is 2.47. The summed E-state index contributed by atoms with van der Waals surface area (Å²) in [6.45, 7) is 5.28. The molecule has 1 aliphatic carbocycles. The molecule has 118 valence electrons. The second-order valence-electron chi connectivity index (χ2n) is 7.20. The Morgan fingerprint density at radius 1 is 1.41 bits per heavy atom. The van der Waals surface area contributed by atoms with Gasteiger partial charge in [-0.3, -0.25) is 10.00 Å². The minimum atomic E-state index is -0.426. The molecular formula is C18H25N3O. The van der Waals surface area contributed by atoms with E-state index in [9.17, 15) is 5.11 Å². The highest BCUT2D eigenvalue weighted by atomic mass is 16.3. The lowest BCUT2D eigenvalue weighted by Crippen LogP contribution is -2.44. The fourth-order valence-corrected chi connectivity index (χ4v) is 4.63.